The molecule has 3 heteroatoms. The third-order valence-electron chi connectivity index (χ3n) is 2.28. The quantitative estimate of drug-likeness (QED) is 0.810. The standard InChI is InChI=1S/C12H21N3/c1-8(2)11-14-9(12(3,4)5)7-10(13-6)15-11/h7-8H,1-6H3,(H,13,14,15). The van der Waals surface area contributed by atoms with E-state index >= 15 is 0 Å². The molecule has 0 spiro atoms. The van der Waals surface area contributed by atoms with Gasteiger partial charge in [0.05, 0.1) is 5.69 Å². The van der Waals surface area contributed by atoms with Gasteiger partial charge in [-0.05, 0) is 0 Å². The Morgan fingerprint density at radius 3 is 2.20 bits per heavy atom. The summed E-state index contributed by atoms with van der Waals surface area (Å²) in [6.45, 7) is 10.7. The van der Waals surface area contributed by atoms with E-state index < -0.39 is 0 Å². The molecule has 0 aliphatic rings. The Bertz CT molecular complexity index is 337. The first kappa shape index (κ1) is 12.0. The number of nitrogens with one attached hydrogen (secondary N) is 1. The Labute approximate surface area is 92.3 Å². The van der Waals surface area contributed by atoms with Crippen molar-refractivity contribution in [3.05, 3.63) is 17.6 Å². The van der Waals surface area contributed by atoms with E-state index in [0.717, 1.165) is 17.3 Å². The fraction of sp³-hybridized carbons (Fsp3) is 0.667. The van der Waals surface area contributed by atoms with Crippen molar-refractivity contribution in [1.29, 1.82) is 0 Å². The Kier molecular flexibility index (Phi) is 3.32. The number of hydrogen-bond acceptors (Lipinski definition) is 3. The summed E-state index contributed by atoms with van der Waals surface area (Å²) in [7, 11) is 1.89. The van der Waals surface area contributed by atoms with Crippen LogP contribution in [0, 0.1) is 0 Å². The maximum atomic E-state index is 4.60. The van der Waals surface area contributed by atoms with Gasteiger partial charge in [-0.2, -0.15) is 0 Å². The number of aromatic nitrogens is 2. The molecule has 0 aromatic carbocycles. The highest BCUT2D eigenvalue weighted by molar-refractivity contribution is 5.37. The number of nitrogens with zero attached hydrogens (tertiary/aromatic N) is 2. The summed E-state index contributed by atoms with van der Waals surface area (Å²) in [4.78, 5) is 9.04. The van der Waals surface area contributed by atoms with Gasteiger partial charge in [-0.15, -0.1) is 0 Å². The van der Waals surface area contributed by atoms with E-state index in [2.05, 4.69) is 49.9 Å². The number of rotatable bonds is 2. The Morgan fingerprint density at radius 1 is 1.20 bits per heavy atom. The maximum absolute atomic E-state index is 4.60. The summed E-state index contributed by atoms with van der Waals surface area (Å²) in [6, 6.07) is 2.02. The molecule has 84 valence electrons. The van der Waals surface area contributed by atoms with Crippen molar-refractivity contribution < 1.29 is 0 Å². The molecule has 1 aromatic rings. The molecule has 1 N–H and O–H groups in total. The van der Waals surface area contributed by atoms with Crippen LogP contribution in [0.4, 0.5) is 5.82 Å². The van der Waals surface area contributed by atoms with Crippen LogP contribution in [0.15, 0.2) is 6.07 Å². The monoisotopic (exact) mass is 207 g/mol. The molecule has 1 heterocycles. The minimum absolute atomic E-state index is 0.0676. The minimum Gasteiger partial charge on any atom is -0.373 e. The molecule has 0 saturated carbocycles. The molecule has 0 atom stereocenters. The lowest BCUT2D eigenvalue weighted by Gasteiger charge is -2.20. The van der Waals surface area contributed by atoms with Crippen molar-refractivity contribution in [3.8, 4) is 0 Å². The van der Waals surface area contributed by atoms with Crippen molar-refractivity contribution in [2.75, 3.05) is 12.4 Å². The molecule has 0 saturated heterocycles. The second-order valence-electron chi connectivity index (χ2n) is 5.15. The van der Waals surface area contributed by atoms with Crippen molar-refractivity contribution >= 4 is 5.82 Å². The molecular formula is C12H21N3. The lowest BCUT2D eigenvalue weighted by Crippen LogP contribution is -2.16. The molecule has 1 aromatic heterocycles. The van der Waals surface area contributed by atoms with Gasteiger partial charge in [0.2, 0.25) is 0 Å². The zero-order chi connectivity index (χ0) is 11.6. The van der Waals surface area contributed by atoms with Crippen LogP contribution in [0.3, 0.4) is 0 Å². The summed E-state index contributed by atoms with van der Waals surface area (Å²) < 4.78 is 0. The molecule has 0 aliphatic heterocycles. The zero-order valence-electron chi connectivity index (χ0n) is 10.5. The number of anilines is 1. The lowest BCUT2D eigenvalue weighted by atomic mass is 9.91. The van der Waals surface area contributed by atoms with Crippen LogP contribution in [-0.2, 0) is 5.41 Å². The van der Waals surface area contributed by atoms with Gasteiger partial charge in [0.25, 0.3) is 0 Å². The van der Waals surface area contributed by atoms with Crippen LogP contribution in [0.1, 0.15) is 52.1 Å². The van der Waals surface area contributed by atoms with E-state index in [1.165, 1.54) is 0 Å². The van der Waals surface area contributed by atoms with Crippen LogP contribution in [0.5, 0.6) is 0 Å². The van der Waals surface area contributed by atoms with Gasteiger partial charge in [-0.25, -0.2) is 9.97 Å². The van der Waals surface area contributed by atoms with Gasteiger partial charge in [0.1, 0.15) is 11.6 Å². The molecule has 3 nitrogen and oxygen atoms in total. The second-order valence-corrected chi connectivity index (χ2v) is 5.15. The van der Waals surface area contributed by atoms with Gasteiger partial charge in [-0.3, -0.25) is 0 Å². The summed E-state index contributed by atoms with van der Waals surface area (Å²) in [5.41, 5.74) is 1.16. The van der Waals surface area contributed by atoms with Crippen LogP contribution in [0.2, 0.25) is 0 Å². The van der Waals surface area contributed by atoms with E-state index in [1.54, 1.807) is 0 Å². The van der Waals surface area contributed by atoms with Gasteiger partial charge in [-0.1, -0.05) is 34.6 Å². The summed E-state index contributed by atoms with van der Waals surface area (Å²) in [5.74, 6) is 2.17. The van der Waals surface area contributed by atoms with E-state index in [9.17, 15) is 0 Å². The average Bonchev–Trinajstić information content (AvgIpc) is 2.15. The fourth-order valence-corrected chi connectivity index (χ4v) is 1.24. The Hall–Kier alpha value is -1.12. The predicted molar refractivity (Wildman–Crippen MR) is 64.4 cm³/mol. The molecule has 0 fully saturated rings. The Morgan fingerprint density at radius 2 is 1.80 bits per heavy atom. The van der Waals surface area contributed by atoms with Crippen molar-refractivity contribution in [1.82, 2.24) is 9.97 Å². The maximum Gasteiger partial charge on any atom is 0.133 e. The highest BCUT2D eigenvalue weighted by Gasteiger charge is 2.18. The van der Waals surface area contributed by atoms with E-state index in [1.807, 2.05) is 13.1 Å². The van der Waals surface area contributed by atoms with Crippen LogP contribution in [-0.4, -0.2) is 17.0 Å². The van der Waals surface area contributed by atoms with E-state index in [4.69, 9.17) is 0 Å². The average molecular weight is 207 g/mol. The normalized spacial score (nSPS) is 11.9. The molecule has 15 heavy (non-hydrogen) atoms. The third-order valence-corrected chi connectivity index (χ3v) is 2.28. The van der Waals surface area contributed by atoms with Gasteiger partial charge < -0.3 is 5.32 Å². The highest BCUT2D eigenvalue weighted by Crippen LogP contribution is 2.23. The largest absolute Gasteiger partial charge is 0.373 e. The van der Waals surface area contributed by atoms with Crippen molar-refractivity contribution in [2.24, 2.45) is 0 Å². The smallest absolute Gasteiger partial charge is 0.133 e. The molecular weight excluding hydrogens is 186 g/mol. The second kappa shape index (κ2) is 4.17. The molecule has 0 radical (unpaired) electrons. The first-order valence-electron chi connectivity index (χ1n) is 5.42. The third kappa shape index (κ3) is 2.91. The molecule has 0 bridgehead atoms. The highest BCUT2D eigenvalue weighted by atomic mass is 15.0. The first-order chi connectivity index (χ1) is 6.84. The molecule has 0 unspecified atom stereocenters. The van der Waals surface area contributed by atoms with E-state index in [-0.39, 0.29) is 5.41 Å². The molecule has 0 amide bonds. The van der Waals surface area contributed by atoms with Crippen LogP contribution >= 0.6 is 0 Å². The molecule has 1 rings (SSSR count). The van der Waals surface area contributed by atoms with Crippen LogP contribution < -0.4 is 5.32 Å². The van der Waals surface area contributed by atoms with E-state index in [0.29, 0.717) is 5.92 Å². The first-order valence-corrected chi connectivity index (χ1v) is 5.42. The lowest BCUT2D eigenvalue weighted by molar-refractivity contribution is 0.559. The van der Waals surface area contributed by atoms with Crippen molar-refractivity contribution in [2.45, 2.75) is 46.0 Å². The summed E-state index contributed by atoms with van der Waals surface area (Å²) >= 11 is 0. The summed E-state index contributed by atoms with van der Waals surface area (Å²) in [5, 5.41) is 3.08. The fourth-order valence-electron chi connectivity index (χ4n) is 1.24. The zero-order valence-corrected chi connectivity index (χ0v) is 10.5. The minimum atomic E-state index is 0.0676. The van der Waals surface area contributed by atoms with Gasteiger partial charge in [0.15, 0.2) is 0 Å². The predicted octanol–water partition coefficient (Wildman–Crippen LogP) is 2.94. The summed E-state index contributed by atoms with van der Waals surface area (Å²) in [6.07, 6.45) is 0. The SMILES string of the molecule is CNc1cc(C(C)(C)C)nc(C(C)C)n1. The van der Waals surface area contributed by atoms with Crippen molar-refractivity contribution in [3.63, 3.8) is 0 Å². The molecule has 0 aliphatic carbocycles. The Balaban J connectivity index is 3.23. The van der Waals surface area contributed by atoms with Gasteiger partial charge >= 0.3 is 0 Å². The van der Waals surface area contributed by atoms with Crippen LogP contribution in [0.25, 0.3) is 0 Å². The van der Waals surface area contributed by atoms with Gasteiger partial charge in [0, 0.05) is 24.4 Å². The number of hydrogen-bond donors (Lipinski definition) is 1. The topological polar surface area (TPSA) is 37.8 Å².